The van der Waals surface area contributed by atoms with Crippen molar-refractivity contribution in [2.75, 3.05) is 0 Å². The van der Waals surface area contributed by atoms with Crippen LogP contribution in [0.5, 0.6) is 11.5 Å². The molecule has 7 aromatic carbocycles. The van der Waals surface area contributed by atoms with Crippen LogP contribution < -0.4 is 25.5 Å². The zero-order valence-corrected chi connectivity index (χ0v) is 35.0. The SMILES string of the molecule is [2H]C([2H])(c1ccccn1)C1(C([2H])([2H])c2ccccn2)c2ccccc2Oc2c1cccc2[Si](c1ccccc1)(c1ccccc1)c1cccc(-n2c3ccccc3n3c4ccccc4nc23)c1. The standard InChI is InChI=1S/C56H41N5OSi/c1-3-22-43(23-4-1)63(44-24-5-2-6-25-44,45-26-17-21-42(37-45)60-50-31-10-11-32-51(50)61-49-30-9-8-29-48(49)59-55(60)61)53-34-18-28-47-54(53)62-52-33-12-7-27-46(52)56(47,38-40-19-13-15-35-57-40)39-41-20-14-16-36-58-41/h1-37H,38-39H2/i38D2,39D2. The molecule has 0 N–H and O–H groups in total. The summed E-state index contributed by atoms with van der Waals surface area (Å²) in [7, 11) is -3.59. The Morgan fingerprint density at radius 1 is 0.508 bits per heavy atom. The van der Waals surface area contributed by atoms with E-state index in [4.69, 9.17) is 9.72 Å². The van der Waals surface area contributed by atoms with E-state index in [0.717, 1.165) is 54.3 Å². The number of hydrogen-bond donors (Lipinski definition) is 0. The first-order chi connectivity index (χ1) is 32.8. The number of aromatic nitrogens is 5. The quantitative estimate of drug-likeness (QED) is 0.108. The highest BCUT2D eigenvalue weighted by Crippen LogP contribution is 2.51. The predicted octanol–water partition coefficient (Wildman–Crippen LogP) is 9.48. The monoisotopic (exact) mass is 831 g/mol. The van der Waals surface area contributed by atoms with Gasteiger partial charge in [0.1, 0.15) is 11.5 Å². The van der Waals surface area contributed by atoms with Crippen LogP contribution in [0.3, 0.4) is 0 Å². The number of hydrogen-bond acceptors (Lipinski definition) is 4. The zero-order chi connectivity index (χ0) is 45.4. The highest BCUT2D eigenvalue weighted by atomic mass is 28.3. The molecule has 0 atom stereocenters. The maximum atomic E-state index is 10.5. The van der Waals surface area contributed by atoms with E-state index in [1.54, 1.807) is 54.9 Å². The van der Waals surface area contributed by atoms with E-state index in [0.29, 0.717) is 22.6 Å². The van der Waals surface area contributed by atoms with Crippen LogP contribution in [0, 0.1) is 0 Å². The van der Waals surface area contributed by atoms with Crippen molar-refractivity contribution in [3.63, 3.8) is 0 Å². The molecule has 1 aliphatic rings. The van der Waals surface area contributed by atoms with Crippen LogP contribution in [-0.4, -0.2) is 32.0 Å². The van der Waals surface area contributed by atoms with Crippen molar-refractivity contribution in [1.82, 2.24) is 23.9 Å². The van der Waals surface area contributed by atoms with Gasteiger partial charge in [0.05, 0.1) is 22.1 Å². The molecular formula is C56H41N5OSi. The Morgan fingerprint density at radius 3 is 1.78 bits per heavy atom. The van der Waals surface area contributed by atoms with E-state index in [9.17, 15) is 5.48 Å². The van der Waals surface area contributed by atoms with Gasteiger partial charge < -0.3 is 4.74 Å². The number of rotatable bonds is 9. The molecule has 0 aliphatic carbocycles. The number of fused-ring (bicyclic) bond motifs is 7. The molecule has 300 valence electrons. The van der Waals surface area contributed by atoms with Gasteiger partial charge in [-0.2, -0.15) is 0 Å². The van der Waals surface area contributed by atoms with Gasteiger partial charge >= 0.3 is 0 Å². The molecule has 5 heterocycles. The van der Waals surface area contributed by atoms with Crippen molar-refractivity contribution in [2.45, 2.75) is 18.2 Å². The summed E-state index contributed by atoms with van der Waals surface area (Å²) in [5.41, 5.74) is 3.68. The third kappa shape index (κ3) is 5.81. The second-order valence-electron chi connectivity index (χ2n) is 15.8. The average Bonchev–Trinajstić information content (AvgIpc) is 3.92. The minimum atomic E-state index is -3.59. The first-order valence-corrected chi connectivity index (χ1v) is 23.1. The Balaban J connectivity index is 1.22. The maximum absolute atomic E-state index is 10.5. The summed E-state index contributed by atoms with van der Waals surface area (Å²) in [6.45, 7) is 0. The van der Waals surface area contributed by atoms with E-state index in [-0.39, 0.29) is 11.4 Å². The topological polar surface area (TPSA) is 57.2 Å². The molecule has 0 saturated carbocycles. The van der Waals surface area contributed by atoms with Crippen molar-refractivity contribution >= 4 is 56.7 Å². The normalized spacial score (nSPS) is 14.5. The van der Waals surface area contributed by atoms with E-state index in [1.165, 1.54) is 0 Å². The Bertz CT molecular complexity index is 3550. The lowest BCUT2D eigenvalue weighted by Gasteiger charge is -2.43. The highest BCUT2D eigenvalue weighted by molar-refractivity contribution is 7.20. The molecule has 0 unspecified atom stereocenters. The molecule has 0 amide bonds. The summed E-state index contributed by atoms with van der Waals surface area (Å²) < 4.78 is 53.6. The lowest BCUT2D eigenvalue weighted by Crippen LogP contribution is -2.75. The van der Waals surface area contributed by atoms with Crippen LogP contribution >= 0.6 is 0 Å². The number of nitrogens with zero attached hydrogens (tertiary/aromatic N) is 5. The molecular weight excluding hydrogens is 787 g/mol. The van der Waals surface area contributed by atoms with Crippen LogP contribution in [0.2, 0.25) is 0 Å². The van der Waals surface area contributed by atoms with Crippen LogP contribution in [-0.2, 0) is 18.2 Å². The number of pyridine rings is 2. The van der Waals surface area contributed by atoms with Crippen LogP contribution in [0.1, 0.15) is 28.0 Å². The van der Waals surface area contributed by atoms with Crippen molar-refractivity contribution in [3.05, 3.63) is 247 Å². The Labute approximate surface area is 372 Å². The van der Waals surface area contributed by atoms with Crippen molar-refractivity contribution in [1.29, 1.82) is 0 Å². The van der Waals surface area contributed by atoms with Crippen molar-refractivity contribution < 1.29 is 10.2 Å². The van der Waals surface area contributed by atoms with Crippen LogP contribution in [0.25, 0.3) is 33.5 Å². The van der Waals surface area contributed by atoms with Crippen molar-refractivity contribution in [3.8, 4) is 17.2 Å². The molecule has 0 saturated heterocycles. The summed E-state index contributed by atoms with van der Waals surface area (Å²) in [5, 5.41) is 4.00. The van der Waals surface area contributed by atoms with Gasteiger partial charge in [0.25, 0.3) is 0 Å². The van der Waals surface area contributed by atoms with Gasteiger partial charge in [-0.05, 0) is 87.5 Å². The number of imidazole rings is 2. The molecule has 63 heavy (non-hydrogen) atoms. The number of ether oxygens (including phenoxy) is 1. The van der Waals surface area contributed by atoms with Gasteiger partial charge in [0, 0.05) is 64.2 Å². The number of para-hydroxylation sites is 6. The summed E-state index contributed by atoms with van der Waals surface area (Å²) in [5.74, 6) is 1.55. The summed E-state index contributed by atoms with van der Waals surface area (Å²) >= 11 is 0. The maximum Gasteiger partial charge on any atom is 0.220 e. The second-order valence-corrected chi connectivity index (χ2v) is 19.6. The molecule has 11 aromatic rings. The predicted molar refractivity (Wildman–Crippen MR) is 256 cm³/mol. The molecule has 1 aliphatic heterocycles. The smallest absolute Gasteiger partial charge is 0.220 e. The zero-order valence-electron chi connectivity index (χ0n) is 38.0. The molecule has 0 fully saturated rings. The lowest BCUT2D eigenvalue weighted by molar-refractivity contribution is 0.384. The summed E-state index contributed by atoms with van der Waals surface area (Å²) in [6, 6.07) is 69.8. The Kier molecular flexibility index (Phi) is 7.79. The van der Waals surface area contributed by atoms with Crippen LogP contribution in [0.4, 0.5) is 0 Å². The van der Waals surface area contributed by atoms with Gasteiger partial charge in [-0.15, -0.1) is 0 Å². The third-order valence-corrected chi connectivity index (χ3v) is 17.1. The van der Waals surface area contributed by atoms with E-state index in [2.05, 4.69) is 128 Å². The summed E-state index contributed by atoms with van der Waals surface area (Å²) in [4.78, 5) is 14.5. The van der Waals surface area contributed by atoms with Gasteiger partial charge in [-0.1, -0.05) is 146 Å². The minimum absolute atomic E-state index is 0.0853. The van der Waals surface area contributed by atoms with Crippen LogP contribution in [0.15, 0.2) is 225 Å². The second kappa shape index (κ2) is 14.9. The van der Waals surface area contributed by atoms with E-state index < -0.39 is 26.2 Å². The lowest BCUT2D eigenvalue weighted by atomic mass is 9.66. The largest absolute Gasteiger partial charge is 0.457 e. The fourth-order valence-electron chi connectivity index (χ4n) is 9.74. The molecule has 4 aromatic heterocycles. The molecule has 6 nitrogen and oxygen atoms in total. The molecule has 7 heteroatoms. The Hall–Kier alpha value is -7.87. The minimum Gasteiger partial charge on any atom is -0.457 e. The van der Waals surface area contributed by atoms with Gasteiger partial charge in [-0.3, -0.25) is 18.9 Å². The number of benzene rings is 7. The van der Waals surface area contributed by atoms with Gasteiger partial charge in [-0.25, -0.2) is 4.98 Å². The third-order valence-electron chi connectivity index (χ3n) is 12.3. The summed E-state index contributed by atoms with van der Waals surface area (Å²) in [6.07, 6.45) is -1.85. The van der Waals surface area contributed by atoms with E-state index >= 15 is 0 Å². The Morgan fingerprint density at radius 2 is 1.08 bits per heavy atom. The van der Waals surface area contributed by atoms with Gasteiger partial charge in [0.2, 0.25) is 5.78 Å². The molecule has 0 spiro atoms. The molecule has 0 bridgehead atoms. The highest BCUT2D eigenvalue weighted by Gasteiger charge is 2.49. The first-order valence-electron chi connectivity index (χ1n) is 23.1. The molecule has 0 radical (unpaired) electrons. The van der Waals surface area contributed by atoms with Gasteiger partial charge in [0.15, 0.2) is 8.07 Å². The van der Waals surface area contributed by atoms with Crippen molar-refractivity contribution in [2.24, 2.45) is 0 Å². The average molecular weight is 832 g/mol. The first kappa shape index (κ1) is 32.8. The fraction of sp³-hybridized carbons (Fsp3) is 0.0536. The fourth-order valence-corrected chi connectivity index (χ4v) is 14.6. The van der Waals surface area contributed by atoms with E-state index in [1.807, 2.05) is 60.7 Å². The molecule has 12 rings (SSSR count).